The number of fused-ring (bicyclic) bond motifs is 1. The Morgan fingerprint density at radius 2 is 2.15 bits per heavy atom. The monoisotopic (exact) mass is 350 g/mol. The van der Waals surface area contributed by atoms with Gasteiger partial charge in [-0.05, 0) is 47.5 Å². The lowest BCUT2D eigenvalue weighted by molar-refractivity contribution is -0.125. The van der Waals surface area contributed by atoms with Crippen LogP contribution in [0, 0.1) is 0 Å². The summed E-state index contributed by atoms with van der Waals surface area (Å²) in [5.74, 6) is 1.17. The van der Waals surface area contributed by atoms with E-state index in [-0.39, 0.29) is 5.91 Å². The zero-order valence-electron chi connectivity index (χ0n) is 15.1. The van der Waals surface area contributed by atoms with E-state index in [4.69, 9.17) is 10.5 Å². The highest BCUT2D eigenvalue weighted by atomic mass is 16.5. The maximum absolute atomic E-state index is 12.4. The number of pyridine rings is 1. The van der Waals surface area contributed by atoms with Crippen LogP contribution in [0.1, 0.15) is 11.1 Å². The molecular weight excluding hydrogens is 328 g/mol. The molecule has 2 N–H and O–H groups in total. The van der Waals surface area contributed by atoms with Crippen LogP contribution in [0.25, 0.3) is 17.0 Å². The molecule has 3 rings (SSSR count). The molecule has 0 aliphatic heterocycles. The molecule has 2 heterocycles. The molecule has 26 heavy (non-hydrogen) atoms. The molecule has 6 heteroatoms. The molecule has 0 bridgehead atoms. The summed E-state index contributed by atoms with van der Waals surface area (Å²) < 4.78 is 7.37. The van der Waals surface area contributed by atoms with Crippen molar-refractivity contribution >= 4 is 28.7 Å². The van der Waals surface area contributed by atoms with Crippen LogP contribution in [0.15, 0.2) is 48.8 Å². The van der Waals surface area contributed by atoms with E-state index in [2.05, 4.69) is 9.55 Å². The molecule has 1 amide bonds. The maximum atomic E-state index is 12.4. The minimum Gasteiger partial charge on any atom is -0.497 e. The SMILES string of the molecule is COc1ccc2c(c1)c(CN(C)C(=O)C=Cc1ccc(N)nc1)cn2C. The fourth-order valence-electron chi connectivity index (χ4n) is 2.85. The Labute approximate surface area is 152 Å². The predicted molar refractivity (Wildman–Crippen MR) is 104 cm³/mol. The molecule has 0 aliphatic rings. The molecule has 0 spiro atoms. The van der Waals surface area contributed by atoms with Crippen LogP contribution in [0.4, 0.5) is 5.82 Å². The number of benzene rings is 1. The number of likely N-dealkylation sites (N-methyl/N-ethyl adjacent to an activating group) is 1. The van der Waals surface area contributed by atoms with Crippen LogP contribution in [0.3, 0.4) is 0 Å². The van der Waals surface area contributed by atoms with Gasteiger partial charge in [0.15, 0.2) is 0 Å². The Bertz CT molecular complexity index is 958. The van der Waals surface area contributed by atoms with Crippen molar-refractivity contribution in [2.45, 2.75) is 6.54 Å². The van der Waals surface area contributed by atoms with Crippen LogP contribution < -0.4 is 10.5 Å². The highest BCUT2D eigenvalue weighted by Crippen LogP contribution is 2.26. The summed E-state index contributed by atoms with van der Waals surface area (Å²) in [6, 6.07) is 9.48. The number of hydrogen-bond acceptors (Lipinski definition) is 4. The molecule has 0 saturated carbocycles. The second kappa shape index (κ2) is 7.31. The zero-order valence-corrected chi connectivity index (χ0v) is 15.1. The number of ether oxygens (including phenoxy) is 1. The van der Waals surface area contributed by atoms with Gasteiger partial charge in [-0.15, -0.1) is 0 Å². The number of rotatable bonds is 5. The average Bonchev–Trinajstić information content (AvgIpc) is 2.95. The van der Waals surface area contributed by atoms with Crippen molar-refractivity contribution in [3.05, 3.63) is 59.9 Å². The lowest BCUT2D eigenvalue weighted by atomic mass is 10.1. The number of nitrogen functional groups attached to an aromatic ring is 1. The smallest absolute Gasteiger partial charge is 0.246 e. The summed E-state index contributed by atoms with van der Waals surface area (Å²) in [6.07, 6.45) is 6.95. The van der Waals surface area contributed by atoms with Crippen molar-refractivity contribution in [1.82, 2.24) is 14.5 Å². The normalized spacial score (nSPS) is 11.2. The van der Waals surface area contributed by atoms with Gasteiger partial charge in [0.2, 0.25) is 5.91 Å². The molecule has 0 radical (unpaired) electrons. The van der Waals surface area contributed by atoms with Crippen molar-refractivity contribution in [3.8, 4) is 5.75 Å². The number of nitrogens with zero attached hydrogens (tertiary/aromatic N) is 3. The lowest BCUT2D eigenvalue weighted by Gasteiger charge is -2.14. The van der Waals surface area contributed by atoms with Crippen molar-refractivity contribution in [2.75, 3.05) is 19.9 Å². The van der Waals surface area contributed by atoms with Crippen LogP contribution in [0.5, 0.6) is 5.75 Å². The van der Waals surface area contributed by atoms with Gasteiger partial charge < -0.3 is 19.9 Å². The van der Waals surface area contributed by atoms with Crippen molar-refractivity contribution in [1.29, 1.82) is 0 Å². The number of nitrogens with two attached hydrogens (primary N) is 1. The topological polar surface area (TPSA) is 73.4 Å². The molecule has 0 saturated heterocycles. The molecule has 0 aliphatic carbocycles. The number of carbonyl (C=O) groups excluding carboxylic acids is 1. The lowest BCUT2D eigenvalue weighted by Crippen LogP contribution is -2.24. The number of carbonyl (C=O) groups is 1. The fourth-order valence-corrected chi connectivity index (χ4v) is 2.85. The molecule has 0 fully saturated rings. The zero-order chi connectivity index (χ0) is 18.7. The number of anilines is 1. The third kappa shape index (κ3) is 3.69. The van der Waals surface area contributed by atoms with Gasteiger partial charge in [0.05, 0.1) is 7.11 Å². The van der Waals surface area contributed by atoms with Crippen molar-refractivity contribution in [3.63, 3.8) is 0 Å². The van der Waals surface area contributed by atoms with Crippen LogP contribution in [0.2, 0.25) is 0 Å². The van der Waals surface area contributed by atoms with Gasteiger partial charge in [0.25, 0.3) is 0 Å². The minimum atomic E-state index is -0.0817. The van der Waals surface area contributed by atoms with E-state index in [1.807, 2.05) is 37.5 Å². The standard InChI is InChI=1S/C20H22N4O2/c1-23-12-15(17-10-16(26-3)6-7-18(17)23)13-24(2)20(25)9-5-14-4-8-19(21)22-11-14/h4-12H,13H2,1-3H3,(H2,21,22). The molecule has 0 atom stereocenters. The summed E-state index contributed by atoms with van der Waals surface area (Å²) in [7, 11) is 5.43. The fraction of sp³-hybridized carbons (Fsp3) is 0.200. The molecule has 3 aromatic rings. The maximum Gasteiger partial charge on any atom is 0.246 e. The van der Waals surface area contributed by atoms with Crippen LogP contribution in [-0.4, -0.2) is 34.5 Å². The quantitative estimate of drug-likeness (QED) is 0.718. The first kappa shape index (κ1) is 17.5. The number of hydrogen-bond donors (Lipinski definition) is 1. The summed E-state index contributed by atoms with van der Waals surface area (Å²) in [5, 5.41) is 1.08. The second-order valence-electron chi connectivity index (χ2n) is 6.19. The van der Waals surface area contributed by atoms with E-state index in [0.29, 0.717) is 12.4 Å². The number of amides is 1. The number of aryl methyl sites for hydroxylation is 1. The Morgan fingerprint density at radius 3 is 2.85 bits per heavy atom. The molecule has 6 nitrogen and oxygen atoms in total. The van der Waals surface area contributed by atoms with E-state index in [0.717, 1.165) is 27.8 Å². The second-order valence-corrected chi connectivity index (χ2v) is 6.19. The molecule has 0 unspecified atom stereocenters. The van der Waals surface area contributed by atoms with Gasteiger partial charge in [0, 0.05) is 50.0 Å². The Balaban J connectivity index is 1.76. The summed E-state index contributed by atoms with van der Waals surface area (Å²) in [4.78, 5) is 18.1. The molecule has 2 aromatic heterocycles. The van der Waals surface area contributed by atoms with Gasteiger partial charge in [-0.1, -0.05) is 0 Å². The Kier molecular flexibility index (Phi) is 4.93. The van der Waals surface area contributed by atoms with Gasteiger partial charge in [-0.3, -0.25) is 4.79 Å². The third-order valence-electron chi connectivity index (χ3n) is 4.29. The highest BCUT2D eigenvalue weighted by Gasteiger charge is 2.12. The molecule has 1 aromatic carbocycles. The summed E-state index contributed by atoms with van der Waals surface area (Å²) >= 11 is 0. The van der Waals surface area contributed by atoms with E-state index in [9.17, 15) is 4.79 Å². The third-order valence-corrected chi connectivity index (χ3v) is 4.29. The minimum absolute atomic E-state index is 0.0817. The summed E-state index contributed by atoms with van der Waals surface area (Å²) in [5.41, 5.74) is 8.56. The largest absolute Gasteiger partial charge is 0.497 e. The van der Waals surface area contributed by atoms with E-state index in [1.165, 1.54) is 0 Å². The van der Waals surface area contributed by atoms with Gasteiger partial charge in [-0.25, -0.2) is 4.98 Å². The highest BCUT2D eigenvalue weighted by molar-refractivity contribution is 5.92. The van der Waals surface area contributed by atoms with Crippen LogP contribution in [-0.2, 0) is 18.4 Å². The molecule has 134 valence electrons. The van der Waals surface area contributed by atoms with Gasteiger partial charge in [0.1, 0.15) is 11.6 Å². The predicted octanol–water partition coefficient (Wildman–Crippen LogP) is 2.84. The first-order valence-electron chi connectivity index (χ1n) is 8.24. The number of methoxy groups -OCH3 is 1. The van der Waals surface area contributed by atoms with Gasteiger partial charge >= 0.3 is 0 Å². The van der Waals surface area contributed by atoms with E-state index in [1.54, 1.807) is 43.5 Å². The van der Waals surface area contributed by atoms with E-state index < -0.39 is 0 Å². The van der Waals surface area contributed by atoms with Gasteiger partial charge in [-0.2, -0.15) is 0 Å². The summed E-state index contributed by atoms with van der Waals surface area (Å²) in [6.45, 7) is 0.508. The number of aromatic nitrogens is 2. The average molecular weight is 350 g/mol. The first-order chi connectivity index (χ1) is 12.5. The molecular formula is C20H22N4O2. The van der Waals surface area contributed by atoms with Crippen molar-refractivity contribution in [2.24, 2.45) is 7.05 Å². The Morgan fingerprint density at radius 1 is 1.35 bits per heavy atom. The van der Waals surface area contributed by atoms with Crippen molar-refractivity contribution < 1.29 is 9.53 Å². The van der Waals surface area contributed by atoms with E-state index >= 15 is 0 Å². The Hall–Kier alpha value is -3.28. The first-order valence-corrected chi connectivity index (χ1v) is 8.24. The van der Waals surface area contributed by atoms with Crippen LogP contribution >= 0.6 is 0 Å².